The lowest BCUT2D eigenvalue weighted by molar-refractivity contribution is 0.0528. The molecule has 1 rings (SSSR count). The van der Waals surface area contributed by atoms with E-state index in [9.17, 15) is 13.2 Å². The molecule has 1 N–H and O–H groups in total. The van der Waals surface area contributed by atoms with Gasteiger partial charge in [-0.05, 0) is 32.8 Å². The number of aromatic nitrogens is 2. The lowest BCUT2D eigenvalue weighted by Crippen LogP contribution is -2.33. The van der Waals surface area contributed by atoms with Crippen LogP contribution in [-0.4, -0.2) is 42.9 Å². The second-order valence-electron chi connectivity index (χ2n) is 5.32. The number of nitrogens with one attached hydrogen (secondary N) is 1. The highest BCUT2D eigenvalue weighted by atomic mass is 32.2. The smallest absolute Gasteiger partial charge is 0.407 e. The van der Waals surface area contributed by atoms with Crippen LogP contribution in [-0.2, 0) is 21.0 Å². The number of carbonyl (C=O) groups is 1. The highest BCUT2D eigenvalue weighted by molar-refractivity contribution is 7.90. The van der Waals surface area contributed by atoms with Gasteiger partial charge in [-0.2, -0.15) is 0 Å². The summed E-state index contributed by atoms with van der Waals surface area (Å²) >= 11 is 0. The van der Waals surface area contributed by atoms with Crippen LogP contribution < -0.4 is 5.32 Å². The molecule has 20 heavy (non-hydrogen) atoms. The first-order valence-electron chi connectivity index (χ1n) is 6.06. The lowest BCUT2D eigenvalue weighted by Gasteiger charge is -2.19. The predicted molar refractivity (Wildman–Crippen MR) is 73.1 cm³/mol. The van der Waals surface area contributed by atoms with E-state index in [0.29, 0.717) is 13.0 Å². The molecule has 1 aromatic heterocycles. The molecule has 0 spiro atoms. The normalized spacial score (nSPS) is 12.0. The Bertz CT molecular complexity index is 561. The maximum Gasteiger partial charge on any atom is 0.407 e. The highest BCUT2D eigenvalue weighted by Crippen LogP contribution is 2.06. The lowest BCUT2D eigenvalue weighted by atomic mass is 10.2. The minimum atomic E-state index is -3.39. The van der Waals surface area contributed by atoms with E-state index in [1.165, 1.54) is 12.4 Å². The molecule has 1 amide bonds. The minimum absolute atomic E-state index is 0.207. The van der Waals surface area contributed by atoms with E-state index >= 15 is 0 Å². The monoisotopic (exact) mass is 301 g/mol. The van der Waals surface area contributed by atoms with Gasteiger partial charge >= 0.3 is 6.09 Å². The van der Waals surface area contributed by atoms with Crippen molar-refractivity contribution in [2.75, 3.05) is 12.8 Å². The Labute approximate surface area is 118 Å². The SMILES string of the molecule is CC(C)(C)OC(=O)NCCc1cnc(S(C)(=O)=O)nc1. The molecule has 0 atom stereocenters. The summed E-state index contributed by atoms with van der Waals surface area (Å²) in [5.41, 5.74) is 0.193. The first-order valence-corrected chi connectivity index (χ1v) is 7.95. The van der Waals surface area contributed by atoms with Gasteiger partial charge in [0.05, 0.1) is 0 Å². The zero-order valence-corrected chi connectivity index (χ0v) is 12.8. The summed E-state index contributed by atoms with van der Waals surface area (Å²) in [6, 6.07) is 0. The summed E-state index contributed by atoms with van der Waals surface area (Å²) < 4.78 is 27.4. The maximum absolute atomic E-state index is 11.4. The zero-order valence-electron chi connectivity index (χ0n) is 12.0. The van der Waals surface area contributed by atoms with Gasteiger partial charge in [-0.1, -0.05) is 0 Å². The average molecular weight is 301 g/mol. The van der Waals surface area contributed by atoms with Gasteiger partial charge in [-0.25, -0.2) is 23.2 Å². The molecule has 0 aliphatic carbocycles. The number of alkyl carbamates (subject to hydrolysis) is 1. The number of carbonyl (C=O) groups excluding carboxylic acids is 1. The molecule has 0 aliphatic rings. The fraction of sp³-hybridized carbons (Fsp3) is 0.583. The molecular weight excluding hydrogens is 282 g/mol. The van der Waals surface area contributed by atoms with Crippen LogP contribution in [0.2, 0.25) is 0 Å². The quantitative estimate of drug-likeness (QED) is 0.831. The molecular formula is C12H19N3O4S. The fourth-order valence-electron chi connectivity index (χ4n) is 1.29. The number of rotatable bonds is 4. The fourth-order valence-corrected chi connectivity index (χ4v) is 1.77. The van der Waals surface area contributed by atoms with Gasteiger partial charge < -0.3 is 10.1 Å². The molecule has 1 aromatic rings. The Balaban J connectivity index is 2.45. The summed E-state index contributed by atoms with van der Waals surface area (Å²) in [5, 5.41) is 2.39. The van der Waals surface area contributed by atoms with Crippen LogP contribution >= 0.6 is 0 Å². The van der Waals surface area contributed by atoms with Crippen LogP contribution in [0.1, 0.15) is 26.3 Å². The molecule has 0 unspecified atom stereocenters. The van der Waals surface area contributed by atoms with Crippen LogP contribution in [0, 0.1) is 0 Å². The van der Waals surface area contributed by atoms with Crippen LogP contribution in [0.15, 0.2) is 17.6 Å². The average Bonchev–Trinajstić information content (AvgIpc) is 2.26. The number of nitrogens with zero attached hydrogens (tertiary/aromatic N) is 2. The molecule has 7 nitrogen and oxygen atoms in total. The van der Waals surface area contributed by atoms with Crippen LogP contribution in [0.3, 0.4) is 0 Å². The summed E-state index contributed by atoms with van der Waals surface area (Å²) in [5.74, 6) is 0. The van der Waals surface area contributed by atoms with Crippen molar-refractivity contribution in [2.45, 2.75) is 37.9 Å². The number of hydrogen-bond acceptors (Lipinski definition) is 6. The highest BCUT2D eigenvalue weighted by Gasteiger charge is 2.15. The molecule has 1 heterocycles. The predicted octanol–water partition coefficient (Wildman–Crippen LogP) is 0.947. The number of amides is 1. The van der Waals surface area contributed by atoms with E-state index in [-0.39, 0.29) is 5.16 Å². The second-order valence-corrected chi connectivity index (χ2v) is 7.23. The summed E-state index contributed by atoms with van der Waals surface area (Å²) in [6.45, 7) is 5.70. The number of sulfone groups is 1. The second kappa shape index (κ2) is 6.17. The van der Waals surface area contributed by atoms with E-state index in [1.54, 1.807) is 20.8 Å². The van der Waals surface area contributed by atoms with Gasteiger partial charge in [0.15, 0.2) is 0 Å². The molecule has 112 valence electrons. The summed E-state index contributed by atoms with van der Waals surface area (Å²) in [6.07, 6.45) is 3.90. The van der Waals surface area contributed by atoms with Gasteiger partial charge in [-0.15, -0.1) is 0 Å². The van der Waals surface area contributed by atoms with Crippen molar-refractivity contribution in [2.24, 2.45) is 0 Å². The van der Waals surface area contributed by atoms with Gasteiger partial charge in [-0.3, -0.25) is 0 Å². The number of hydrogen-bond donors (Lipinski definition) is 1. The minimum Gasteiger partial charge on any atom is -0.444 e. The third kappa shape index (κ3) is 5.96. The number of ether oxygens (including phenoxy) is 1. The van der Waals surface area contributed by atoms with Crippen molar-refractivity contribution in [3.63, 3.8) is 0 Å². The molecule has 0 saturated heterocycles. The Morgan fingerprint density at radius 1 is 1.30 bits per heavy atom. The molecule has 0 fully saturated rings. The van der Waals surface area contributed by atoms with E-state index in [1.807, 2.05) is 0 Å². The molecule has 8 heteroatoms. The topological polar surface area (TPSA) is 98.2 Å². The van der Waals surface area contributed by atoms with E-state index in [2.05, 4.69) is 15.3 Å². The van der Waals surface area contributed by atoms with Crippen LogP contribution in [0.25, 0.3) is 0 Å². The van der Waals surface area contributed by atoms with E-state index < -0.39 is 21.5 Å². The summed E-state index contributed by atoms with van der Waals surface area (Å²) in [4.78, 5) is 18.9. The van der Waals surface area contributed by atoms with E-state index in [4.69, 9.17) is 4.74 Å². The Kier molecular flexibility index (Phi) is 5.04. The molecule has 0 radical (unpaired) electrons. The zero-order chi connectivity index (χ0) is 15.4. The standard InChI is InChI=1S/C12H19N3O4S/c1-12(2,3)19-11(16)13-6-5-9-7-14-10(15-8-9)20(4,17)18/h7-8H,5-6H2,1-4H3,(H,13,16). The Morgan fingerprint density at radius 2 is 1.85 bits per heavy atom. The van der Waals surface area contributed by atoms with Gasteiger partial charge in [0.1, 0.15) is 5.60 Å². The Hall–Kier alpha value is -1.70. The van der Waals surface area contributed by atoms with Crippen LogP contribution in [0.4, 0.5) is 4.79 Å². The molecule has 0 aromatic carbocycles. The van der Waals surface area contributed by atoms with Crippen molar-refractivity contribution in [3.05, 3.63) is 18.0 Å². The molecule has 0 bridgehead atoms. The van der Waals surface area contributed by atoms with Gasteiger partial charge in [0, 0.05) is 25.2 Å². The first kappa shape index (κ1) is 16.4. The van der Waals surface area contributed by atoms with Crippen LogP contribution in [0.5, 0.6) is 0 Å². The van der Waals surface area contributed by atoms with E-state index in [0.717, 1.165) is 11.8 Å². The molecule has 0 saturated carbocycles. The third-order valence-electron chi connectivity index (χ3n) is 2.10. The Morgan fingerprint density at radius 3 is 2.30 bits per heavy atom. The van der Waals surface area contributed by atoms with Crippen molar-refractivity contribution in [1.82, 2.24) is 15.3 Å². The van der Waals surface area contributed by atoms with Crippen molar-refractivity contribution in [1.29, 1.82) is 0 Å². The first-order chi connectivity index (χ1) is 9.08. The van der Waals surface area contributed by atoms with Crippen molar-refractivity contribution < 1.29 is 17.9 Å². The summed E-state index contributed by atoms with van der Waals surface area (Å²) in [7, 11) is -3.39. The largest absolute Gasteiger partial charge is 0.444 e. The molecule has 0 aliphatic heterocycles. The van der Waals surface area contributed by atoms with Crippen molar-refractivity contribution in [3.8, 4) is 0 Å². The van der Waals surface area contributed by atoms with Gasteiger partial charge in [0.2, 0.25) is 15.0 Å². The third-order valence-corrected chi connectivity index (χ3v) is 2.97. The maximum atomic E-state index is 11.4. The van der Waals surface area contributed by atoms with Gasteiger partial charge in [0.25, 0.3) is 0 Å². The van der Waals surface area contributed by atoms with Crippen molar-refractivity contribution >= 4 is 15.9 Å².